The highest BCUT2D eigenvalue weighted by Crippen LogP contribution is 2.18. The molecule has 0 saturated heterocycles. The lowest BCUT2D eigenvalue weighted by atomic mass is 10.4. The zero-order valence-corrected chi connectivity index (χ0v) is 11.9. The summed E-state index contributed by atoms with van der Waals surface area (Å²) >= 11 is 3.50. The van der Waals surface area contributed by atoms with Gasteiger partial charge >= 0.3 is 0 Å². The average Bonchev–Trinajstić information content (AvgIpc) is 2.75. The number of thioether (sulfide) groups is 1. The monoisotopic (exact) mass is 281 g/mol. The minimum Gasteiger partial charge on any atom is -0.311 e. The van der Waals surface area contributed by atoms with Gasteiger partial charge in [-0.25, -0.2) is 4.39 Å². The maximum Gasteiger partial charge on any atom is 0.124 e. The van der Waals surface area contributed by atoms with E-state index >= 15 is 0 Å². The third-order valence-electron chi connectivity index (χ3n) is 2.44. The number of thiophene rings is 1. The van der Waals surface area contributed by atoms with Crippen molar-refractivity contribution in [2.24, 2.45) is 0 Å². The largest absolute Gasteiger partial charge is 0.311 e. The van der Waals surface area contributed by atoms with Crippen molar-refractivity contribution in [1.82, 2.24) is 5.32 Å². The first-order chi connectivity index (χ1) is 8.74. The number of aryl methyl sites for hydroxylation is 1. The van der Waals surface area contributed by atoms with Crippen molar-refractivity contribution in [2.45, 2.75) is 18.4 Å². The predicted octanol–water partition coefficient (Wildman–Crippen LogP) is 4.08. The van der Waals surface area contributed by atoms with Gasteiger partial charge in [-0.1, -0.05) is 6.07 Å². The van der Waals surface area contributed by atoms with E-state index in [-0.39, 0.29) is 5.82 Å². The van der Waals surface area contributed by atoms with Crippen LogP contribution in [0.5, 0.6) is 0 Å². The van der Waals surface area contributed by atoms with Gasteiger partial charge in [-0.05, 0) is 37.3 Å². The van der Waals surface area contributed by atoms with Crippen LogP contribution in [0.4, 0.5) is 4.39 Å². The van der Waals surface area contributed by atoms with E-state index in [1.807, 2.05) is 17.4 Å². The molecule has 0 unspecified atom stereocenters. The molecule has 18 heavy (non-hydrogen) atoms. The molecule has 0 radical (unpaired) electrons. The van der Waals surface area contributed by atoms with Crippen molar-refractivity contribution in [3.05, 3.63) is 52.0 Å². The number of nitrogens with one attached hydrogen (secondary N) is 1. The van der Waals surface area contributed by atoms with Gasteiger partial charge in [0.1, 0.15) is 5.82 Å². The first-order valence-electron chi connectivity index (χ1n) is 5.88. The maximum absolute atomic E-state index is 12.9. The van der Waals surface area contributed by atoms with Crippen molar-refractivity contribution in [3.63, 3.8) is 0 Å². The Morgan fingerprint density at radius 1 is 1.28 bits per heavy atom. The first kappa shape index (κ1) is 13.6. The van der Waals surface area contributed by atoms with E-state index in [9.17, 15) is 4.39 Å². The quantitative estimate of drug-likeness (QED) is 0.632. The molecule has 0 spiro atoms. The van der Waals surface area contributed by atoms with E-state index in [1.54, 1.807) is 23.9 Å². The predicted molar refractivity (Wildman–Crippen MR) is 77.9 cm³/mol. The molecular formula is C14H16FNS2. The number of hydrogen-bond acceptors (Lipinski definition) is 3. The Morgan fingerprint density at radius 3 is 2.89 bits per heavy atom. The summed E-state index contributed by atoms with van der Waals surface area (Å²) in [7, 11) is 0. The zero-order valence-electron chi connectivity index (χ0n) is 10.3. The van der Waals surface area contributed by atoms with Crippen molar-refractivity contribution >= 4 is 23.1 Å². The molecule has 1 aromatic carbocycles. The molecule has 0 aliphatic carbocycles. The Bertz CT molecular complexity index is 496. The number of hydrogen-bond donors (Lipinski definition) is 1. The van der Waals surface area contributed by atoms with Crippen LogP contribution in [0.2, 0.25) is 0 Å². The minimum atomic E-state index is -0.165. The van der Waals surface area contributed by atoms with Crippen LogP contribution in [0.15, 0.2) is 41.3 Å². The topological polar surface area (TPSA) is 12.0 Å². The lowest BCUT2D eigenvalue weighted by Gasteiger charge is -2.03. The summed E-state index contributed by atoms with van der Waals surface area (Å²) in [5.74, 6) is 0.787. The van der Waals surface area contributed by atoms with Crippen LogP contribution in [0.1, 0.15) is 9.75 Å². The van der Waals surface area contributed by atoms with Crippen LogP contribution in [0, 0.1) is 12.7 Å². The first-order valence-corrected chi connectivity index (χ1v) is 7.68. The second kappa shape index (κ2) is 6.92. The van der Waals surface area contributed by atoms with E-state index in [4.69, 9.17) is 0 Å². The molecule has 2 rings (SSSR count). The Kier molecular flexibility index (Phi) is 5.23. The van der Waals surface area contributed by atoms with Crippen LogP contribution < -0.4 is 5.32 Å². The molecule has 0 aliphatic heterocycles. The normalized spacial score (nSPS) is 10.8. The van der Waals surface area contributed by atoms with Crippen LogP contribution in [0.25, 0.3) is 0 Å². The second-order valence-electron chi connectivity index (χ2n) is 3.99. The van der Waals surface area contributed by atoms with Crippen molar-refractivity contribution in [3.8, 4) is 0 Å². The summed E-state index contributed by atoms with van der Waals surface area (Å²) in [6.45, 7) is 3.97. The fourth-order valence-electron chi connectivity index (χ4n) is 1.59. The number of benzene rings is 1. The van der Waals surface area contributed by atoms with Gasteiger partial charge in [-0.2, -0.15) is 0 Å². The van der Waals surface area contributed by atoms with Gasteiger partial charge in [0.25, 0.3) is 0 Å². The molecule has 1 heterocycles. The van der Waals surface area contributed by atoms with Crippen LogP contribution in [-0.2, 0) is 6.54 Å². The van der Waals surface area contributed by atoms with Gasteiger partial charge < -0.3 is 5.32 Å². The van der Waals surface area contributed by atoms with Gasteiger partial charge in [0, 0.05) is 33.5 Å². The van der Waals surface area contributed by atoms with Crippen LogP contribution in [-0.4, -0.2) is 12.3 Å². The fourth-order valence-corrected chi connectivity index (χ4v) is 3.30. The van der Waals surface area contributed by atoms with Gasteiger partial charge in [0.2, 0.25) is 0 Å². The van der Waals surface area contributed by atoms with E-state index in [2.05, 4.69) is 24.4 Å². The molecule has 0 atom stereocenters. The maximum atomic E-state index is 12.9. The van der Waals surface area contributed by atoms with E-state index in [1.165, 1.54) is 15.8 Å². The lowest BCUT2D eigenvalue weighted by molar-refractivity contribution is 0.624. The van der Waals surface area contributed by atoms with Crippen molar-refractivity contribution in [2.75, 3.05) is 12.3 Å². The van der Waals surface area contributed by atoms with Gasteiger partial charge in [0.05, 0.1) is 0 Å². The fraction of sp³-hybridized carbons (Fsp3) is 0.286. The van der Waals surface area contributed by atoms with Gasteiger partial charge in [-0.3, -0.25) is 0 Å². The highest BCUT2D eigenvalue weighted by molar-refractivity contribution is 7.99. The summed E-state index contributed by atoms with van der Waals surface area (Å²) in [6.07, 6.45) is 0. The van der Waals surface area contributed by atoms with E-state index in [0.717, 1.165) is 23.7 Å². The lowest BCUT2D eigenvalue weighted by Crippen LogP contribution is -2.15. The molecule has 1 N–H and O–H groups in total. The molecule has 2 aromatic rings. The number of rotatable bonds is 6. The second-order valence-corrected chi connectivity index (χ2v) is 6.54. The molecule has 0 bridgehead atoms. The van der Waals surface area contributed by atoms with Gasteiger partial charge in [0.15, 0.2) is 0 Å². The van der Waals surface area contributed by atoms with E-state index in [0.29, 0.717) is 0 Å². The van der Waals surface area contributed by atoms with E-state index < -0.39 is 0 Å². The minimum absolute atomic E-state index is 0.165. The molecule has 1 nitrogen and oxygen atoms in total. The Morgan fingerprint density at radius 2 is 2.17 bits per heavy atom. The summed E-state index contributed by atoms with van der Waals surface area (Å²) in [6, 6.07) is 11.0. The summed E-state index contributed by atoms with van der Waals surface area (Å²) in [5.41, 5.74) is 0. The highest BCUT2D eigenvalue weighted by atomic mass is 32.2. The van der Waals surface area contributed by atoms with Gasteiger partial charge in [-0.15, -0.1) is 23.1 Å². The Labute approximate surface area is 115 Å². The molecular weight excluding hydrogens is 265 g/mol. The molecule has 4 heteroatoms. The molecule has 1 aromatic heterocycles. The summed E-state index contributed by atoms with van der Waals surface area (Å²) in [4.78, 5) is 3.70. The van der Waals surface area contributed by atoms with Crippen LogP contribution >= 0.6 is 23.1 Å². The van der Waals surface area contributed by atoms with Crippen LogP contribution in [0.3, 0.4) is 0 Å². The Hall–Kier alpha value is -0.840. The molecule has 0 saturated carbocycles. The smallest absolute Gasteiger partial charge is 0.124 e. The third-order valence-corrected chi connectivity index (χ3v) is 4.44. The SMILES string of the molecule is Cc1ccc(CNCCSc2cccc(F)c2)s1. The summed E-state index contributed by atoms with van der Waals surface area (Å²) in [5, 5.41) is 3.40. The van der Waals surface area contributed by atoms with Crippen molar-refractivity contribution < 1.29 is 4.39 Å². The molecule has 0 fully saturated rings. The standard InChI is InChI=1S/C14H16FNS2/c1-11-5-6-14(18-11)10-16-7-8-17-13-4-2-3-12(15)9-13/h2-6,9,16H,7-8,10H2,1H3. The zero-order chi connectivity index (χ0) is 12.8. The molecule has 96 valence electrons. The molecule has 0 amide bonds. The Balaban J connectivity index is 1.64. The molecule has 0 aliphatic rings. The average molecular weight is 281 g/mol. The summed E-state index contributed by atoms with van der Waals surface area (Å²) < 4.78 is 12.9. The number of halogens is 1. The third kappa shape index (κ3) is 4.44. The highest BCUT2D eigenvalue weighted by Gasteiger charge is 1.98. The van der Waals surface area contributed by atoms with Crippen molar-refractivity contribution in [1.29, 1.82) is 0 Å².